The van der Waals surface area contributed by atoms with Crippen LogP contribution in [0.2, 0.25) is 6.04 Å². The van der Waals surface area contributed by atoms with Crippen molar-refractivity contribution in [2.75, 3.05) is 27.9 Å². The molecule has 0 saturated heterocycles. The van der Waals surface area contributed by atoms with Crippen molar-refractivity contribution < 1.29 is 27.5 Å². The molecule has 0 N–H and O–H groups in total. The Bertz CT molecular complexity index is 507. The number of hydrogen-bond donors (Lipinski definition) is 0. The summed E-state index contributed by atoms with van der Waals surface area (Å²) in [7, 11) is 2.33. The minimum absolute atomic E-state index is 0.520. The first-order valence-electron chi connectivity index (χ1n) is 7.68. The standard InChI is InChI=1S/C16H26O6Si/c1-16(2)21-12-13-11-14(7-8-15(13)22-16)20-9-6-10-23(17-3,18-4)19-5/h7-8,11H,6,9-10,12H2,1-5H3. The molecule has 1 heterocycles. The van der Waals surface area contributed by atoms with E-state index in [2.05, 4.69) is 0 Å². The van der Waals surface area contributed by atoms with E-state index in [4.69, 9.17) is 27.5 Å². The summed E-state index contributed by atoms with van der Waals surface area (Å²) in [6.45, 7) is 4.89. The van der Waals surface area contributed by atoms with Crippen LogP contribution < -0.4 is 9.47 Å². The molecule has 1 aliphatic heterocycles. The van der Waals surface area contributed by atoms with Gasteiger partial charge in [-0.3, -0.25) is 0 Å². The Balaban J connectivity index is 1.86. The van der Waals surface area contributed by atoms with Gasteiger partial charge in [-0.15, -0.1) is 0 Å². The second-order valence-corrected chi connectivity index (χ2v) is 8.90. The zero-order valence-electron chi connectivity index (χ0n) is 14.5. The quantitative estimate of drug-likeness (QED) is 0.535. The summed E-state index contributed by atoms with van der Waals surface area (Å²) in [4.78, 5) is 0. The van der Waals surface area contributed by atoms with Crippen LogP contribution in [0.25, 0.3) is 0 Å². The van der Waals surface area contributed by atoms with Crippen LogP contribution >= 0.6 is 0 Å². The molecule has 2 rings (SSSR count). The summed E-state index contributed by atoms with van der Waals surface area (Å²) in [5.41, 5.74) is 0.997. The first kappa shape index (κ1) is 18.2. The summed E-state index contributed by atoms with van der Waals surface area (Å²) >= 11 is 0. The van der Waals surface area contributed by atoms with E-state index in [1.54, 1.807) is 21.3 Å². The molecule has 0 amide bonds. The zero-order valence-corrected chi connectivity index (χ0v) is 15.5. The van der Waals surface area contributed by atoms with Crippen LogP contribution in [-0.4, -0.2) is 42.5 Å². The summed E-state index contributed by atoms with van der Waals surface area (Å²) < 4.78 is 33.4. The van der Waals surface area contributed by atoms with Gasteiger partial charge in [0.05, 0.1) is 13.2 Å². The molecule has 6 nitrogen and oxygen atoms in total. The minimum atomic E-state index is -2.52. The molecule has 130 valence electrons. The van der Waals surface area contributed by atoms with Crippen LogP contribution in [0, 0.1) is 0 Å². The predicted octanol–water partition coefficient (Wildman–Crippen LogP) is 2.98. The largest absolute Gasteiger partial charge is 0.500 e. The van der Waals surface area contributed by atoms with E-state index in [-0.39, 0.29) is 0 Å². The molecule has 1 aliphatic rings. The Labute approximate surface area is 139 Å². The normalized spacial score (nSPS) is 16.6. The molecule has 0 bridgehead atoms. The van der Waals surface area contributed by atoms with E-state index < -0.39 is 14.6 Å². The molecule has 0 unspecified atom stereocenters. The number of ether oxygens (including phenoxy) is 3. The number of hydrogen-bond acceptors (Lipinski definition) is 6. The molecule has 0 fully saturated rings. The van der Waals surface area contributed by atoms with Crippen LogP contribution in [0.5, 0.6) is 11.5 Å². The van der Waals surface area contributed by atoms with Crippen LogP contribution in [0.15, 0.2) is 18.2 Å². The van der Waals surface area contributed by atoms with E-state index in [0.29, 0.717) is 19.3 Å². The number of rotatable bonds is 8. The smallest absolute Gasteiger partial charge is 0.494 e. The fraction of sp³-hybridized carbons (Fsp3) is 0.625. The van der Waals surface area contributed by atoms with Crippen LogP contribution in [-0.2, 0) is 24.6 Å². The molecule has 0 saturated carbocycles. The summed E-state index contributed by atoms with van der Waals surface area (Å²) in [5.74, 6) is 1.07. The lowest BCUT2D eigenvalue weighted by Gasteiger charge is -2.32. The van der Waals surface area contributed by atoms with Crippen molar-refractivity contribution in [3.8, 4) is 11.5 Å². The Kier molecular flexibility index (Phi) is 6.04. The van der Waals surface area contributed by atoms with Crippen molar-refractivity contribution in [1.82, 2.24) is 0 Å². The lowest BCUT2D eigenvalue weighted by molar-refractivity contribution is -0.180. The highest BCUT2D eigenvalue weighted by molar-refractivity contribution is 6.60. The SMILES string of the molecule is CO[Si](CCCOc1ccc2c(c1)COC(C)(C)O2)(OC)OC. The van der Waals surface area contributed by atoms with Gasteiger partial charge in [-0.05, 0) is 24.6 Å². The monoisotopic (exact) mass is 342 g/mol. The number of fused-ring (bicyclic) bond motifs is 1. The van der Waals surface area contributed by atoms with E-state index in [9.17, 15) is 0 Å². The summed E-state index contributed by atoms with van der Waals surface area (Å²) in [6, 6.07) is 6.50. The summed E-state index contributed by atoms with van der Waals surface area (Å²) in [6.07, 6.45) is 0.791. The Hall–Kier alpha value is -1.12. The van der Waals surface area contributed by atoms with Crippen LogP contribution in [0.4, 0.5) is 0 Å². The highest BCUT2D eigenvalue weighted by Gasteiger charge is 2.37. The molecule has 1 aromatic rings. The second-order valence-electron chi connectivity index (χ2n) is 5.81. The fourth-order valence-corrected chi connectivity index (χ4v) is 4.13. The van der Waals surface area contributed by atoms with Gasteiger partial charge in [0.1, 0.15) is 11.5 Å². The molecule has 1 aromatic carbocycles. The third kappa shape index (κ3) is 4.68. The van der Waals surface area contributed by atoms with Gasteiger partial charge in [0.2, 0.25) is 5.79 Å². The third-order valence-electron chi connectivity index (χ3n) is 3.79. The van der Waals surface area contributed by atoms with Gasteiger partial charge in [0, 0.05) is 46.8 Å². The van der Waals surface area contributed by atoms with E-state index in [1.807, 2.05) is 32.0 Å². The maximum absolute atomic E-state index is 5.80. The Morgan fingerprint density at radius 2 is 1.83 bits per heavy atom. The Morgan fingerprint density at radius 3 is 2.48 bits per heavy atom. The average Bonchev–Trinajstić information content (AvgIpc) is 2.55. The Morgan fingerprint density at radius 1 is 1.13 bits per heavy atom. The molecule has 23 heavy (non-hydrogen) atoms. The van der Waals surface area contributed by atoms with E-state index >= 15 is 0 Å². The molecule has 7 heteroatoms. The summed E-state index contributed by atoms with van der Waals surface area (Å²) in [5, 5.41) is 0. The fourth-order valence-electron chi connectivity index (χ4n) is 2.44. The van der Waals surface area contributed by atoms with Crippen LogP contribution in [0.3, 0.4) is 0 Å². The van der Waals surface area contributed by atoms with Gasteiger partial charge in [-0.25, -0.2) is 0 Å². The van der Waals surface area contributed by atoms with Crippen molar-refractivity contribution >= 4 is 8.80 Å². The molecular weight excluding hydrogens is 316 g/mol. The van der Waals surface area contributed by atoms with Gasteiger partial charge in [-0.2, -0.15) is 0 Å². The lowest BCUT2D eigenvalue weighted by Crippen LogP contribution is -2.42. The maximum atomic E-state index is 5.80. The van der Waals surface area contributed by atoms with Gasteiger partial charge < -0.3 is 27.5 Å². The van der Waals surface area contributed by atoms with Gasteiger partial charge >= 0.3 is 8.80 Å². The third-order valence-corrected chi connectivity index (χ3v) is 6.62. The predicted molar refractivity (Wildman–Crippen MR) is 87.6 cm³/mol. The van der Waals surface area contributed by atoms with Crippen molar-refractivity contribution in [2.45, 2.75) is 38.7 Å². The first-order valence-corrected chi connectivity index (χ1v) is 9.61. The van der Waals surface area contributed by atoms with Crippen molar-refractivity contribution in [1.29, 1.82) is 0 Å². The molecule has 0 radical (unpaired) electrons. The average molecular weight is 342 g/mol. The number of benzene rings is 1. The van der Waals surface area contributed by atoms with Crippen LogP contribution in [0.1, 0.15) is 25.8 Å². The van der Waals surface area contributed by atoms with Crippen molar-refractivity contribution in [3.63, 3.8) is 0 Å². The lowest BCUT2D eigenvalue weighted by atomic mass is 10.1. The van der Waals surface area contributed by atoms with E-state index in [0.717, 1.165) is 23.5 Å². The molecular formula is C16H26O6Si. The highest BCUT2D eigenvalue weighted by Crippen LogP contribution is 2.33. The van der Waals surface area contributed by atoms with E-state index in [1.165, 1.54) is 0 Å². The van der Waals surface area contributed by atoms with Crippen molar-refractivity contribution in [2.24, 2.45) is 0 Å². The minimum Gasteiger partial charge on any atom is -0.494 e. The molecule has 0 aromatic heterocycles. The second kappa shape index (κ2) is 7.63. The zero-order chi connectivity index (χ0) is 16.9. The molecule has 0 spiro atoms. The van der Waals surface area contributed by atoms with Gasteiger partial charge in [-0.1, -0.05) is 0 Å². The topological polar surface area (TPSA) is 55.4 Å². The first-order chi connectivity index (χ1) is 10.9. The molecule has 0 aliphatic carbocycles. The van der Waals surface area contributed by atoms with Crippen molar-refractivity contribution in [3.05, 3.63) is 23.8 Å². The highest BCUT2D eigenvalue weighted by atomic mass is 28.4. The molecule has 0 atom stereocenters. The van der Waals surface area contributed by atoms with Gasteiger partial charge in [0.25, 0.3) is 0 Å². The maximum Gasteiger partial charge on any atom is 0.500 e. The van der Waals surface area contributed by atoms with Gasteiger partial charge in [0.15, 0.2) is 0 Å².